The van der Waals surface area contributed by atoms with Crippen molar-refractivity contribution in [1.82, 2.24) is 0 Å². The van der Waals surface area contributed by atoms with Crippen LogP contribution in [0.2, 0.25) is 0 Å². The van der Waals surface area contributed by atoms with Crippen LogP contribution < -0.4 is 22.9 Å². The van der Waals surface area contributed by atoms with Crippen LogP contribution in [-0.4, -0.2) is 141 Å². The molecule has 1 saturated carbocycles. The summed E-state index contributed by atoms with van der Waals surface area (Å²) >= 11 is 0. The molecule has 33 heavy (non-hydrogen) atoms. The van der Waals surface area contributed by atoms with E-state index in [1.54, 1.807) is 0 Å². The second-order valence-corrected chi connectivity index (χ2v) is 8.79. The SMILES string of the molecule is NCC1O[C@H](OC2C(N)CC(N)[C@@H](OC3O[C@H](CO)[C@@H](O)C(N)[C@H]3O)[C@H]2O)C(O)[C@@H](O)[C@@H]1O. The van der Waals surface area contributed by atoms with Crippen LogP contribution in [0, 0.1) is 0 Å². The monoisotopic (exact) mass is 484 g/mol. The van der Waals surface area contributed by atoms with E-state index in [2.05, 4.69) is 0 Å². The fourth-order valence-corrected chi connectivity index (χ4v) is 4.40. The third kappa shape index (κ3) is 5.32. The van der Waals surface area contributed by atoms with Crippen LogP contribution in [0.15, 0.2) is 0 Å². The number of nitrogens with two attached hydrogens (primary N) is 4. The zero-order valence-electron chi connectivity index (χ0n) is 17.9. The highest BCUT2D eigenvalue weighted by Gasteiger charge is 2.51. The van der Waals surface area contributed by atoms with Crippen molar-refractivity contribution in [2.75, 3.05) is 13.2 Å². The third-order valence-electron chi connectivity index (χ3n) is 6.48. The minimum Gasteiger partial charge on any atom is -0.394 e. The van der Waals surface area contributed by atoms with E-state index >= 15 is 0 Å². The molecule has 2 aliphatic heterocycles. The van der Waals surface area contributed by atoms with Crippen molar-refractivity contribution in [3.8, 4) is 0 Å². The van der Waals surface area contributed by atoms with E-state index < -0.39 is 98.4 Å². The molecule has 0 spiro atoms. The number of ether oxygens (including phenoxy) is 4. The zero-order valence-corrected chi connectivity index (χ0v) is 17.9. The van der Waals surface area contributed by atoms with Crippen molar-refractivity contribution < 1.29 is 54.7 Å². The van der Waals surface area contributed by atoms with Gasteiger partial charge in [-0.1, -0.05) is 0 Å². The first kappa shape index (κ1) is 27.0. The highest BCUT2D eigenvalue weighted by molar-refractivity contribution is 5.01. The fourth-order valence-electron chi connectivity index (χ4n) is 4.40. The van der Waals surface area contributed by atoms with E-state index in [9.17, 15) is 35.7 Å². The first-order chi connectivity index (χ1) is 15.5. The Morgan fingerprint density at radius 3 is 1.70 bits per heavy atom. The largest absolute Gasteiger partial charge is 0.394 e. The average molecular weight is 485 g/mol. The van der Waals surface area contributed by atoms with E-state index in [1.807, 2.05) is 0 Å². The summed E-state index contributed by atoms with van der Waals surface area (Å²) < 4.78 is 22.2. The maximum atomic E-state index is 10.9. The van der Waals surface area contributed by atoms with Crippen LogP contribution in [-0.2, 0) is 18.9 Å². The second kappa shape index (κ2) is 11.0. The van der Waals surface area contributed by atoms with Crippen molar-refractivity contribution in [2.45, 2.75) is 98.2 Å². The number of aliphatic hydroxyl groups is 7. The van der Waals surface area contributed by atoms with Crippen molar-refractivity contribution in [2.24, 2.45) is 22.9 Å². The molecule has 3 rings (SSSR count). The number of hydrogen-bond acceptors (Lipinski definition) is 15. The van der Waals surface area contributed by atoms with Crippen LogP contribution >= 0.6 is 0 Å². The maximum absolute atomic E-state index is 10.9. The molecule has 0 amide bonds. The van der Waals surface area contributed by atoms with E-state index in [4.69, 9.17) is 41.9 Å². The quantitative estimate of drug-likeness (QED) is 0.167. The van der Waals surface area contributed by atoms with Gasteiger partial charge in [0.25, 0.3) is 0 Å². The molecular weight excluding hydrogens is 448 g/mol. The zero-order chi connectivity index (χ0) is 24.6. The standard InChI is InChI=1S/C18H36N4O11/c19-2-6-10(25)12(27)13(28)18(30-6)33-16-5(21)1-4(20)15(14(16)29)32-17-11(26)8(22)9(24)7(3-23)31-17/h4-18,23-29H,1-3,19-22H2/t4?,5?,6?,7-,8?,9-,10-,11-,12+,13?,14-,15-,16?,17?,18-/m1/s1. The van der Waals surface area contributed by atoms with Gasteiger partial charge < -0.3 is 77.6 Å². The molecule has 15 heteroatoms. The Balaban J connectivity index is 1.72. The lowest BCUT2D eigenvalue weighted by Crippen LogP contribution is -2.68. The topological polar surface area (TPSA) is 283 Å². The summed E-state index contributed by atoms with van der Waals surface area (Å²) in [6, 6.07) is -2.86. The Labute approximate surface area is 189 Å². The van der Waals surface area contributed by atoms with Gasteiger partial charge in [-0.05, 0) is 6.42 Å². The van der Waals surface area contributed by atoms with E-state index in [0.717, 1.165) is 0 Å². The Morgan fingerprint density at radius 2 is 1.18 bits per heavy atom. The van der Waals surface area contributed by atoms with Gasteiger partial charge >= 0.3 is 0 Å². The van der Waals surface area contributed by atoms with E-state index in [1.165, 1.54) is 0 Å². The lowest BCUT2D eigenvalue weighted by atomic mass is 9.84. The van der Waals surface area contributed by atoms with Crippen LogP contribution in [0.25, 0.3) is 0 Å². The first-order valence-corrected chi connectivity index (χ1v) is 10.8. The van der Waals surface area contributed by atoms with E-state index in [0.29, 0.717) is 0 Å². The Kier molecular flexibility index (Phi) is 8.99. The van der Waals surface area contributed by atoms with Crippen LogP contribution in [0.5, 0.6) is 0 Å². The van der Waals surface area contributed by atoms with Crippen LogP contribution in [0.1, 0.15) is 6.42 Å². The molecule has 0 aromatic carbocycles. The van der Waals surface area contributed by atoms with Gasteiger partial charge in [-0.3, -0.25) is 0 Å². The molecule has 0 aromatic rings. The van der Waals surface area contributed by atoms with Crippen molar-refractivity contribution in [3.05, 3.63) is 0 Å². The molecular formula is C18H36N4O11. The average Bonchev–Trinajstić information content (AvgIpc) is 2.79. The Bertz CT molecular complexity index is 584. The summed E-state index contributed by atoms with van der Waals surface area (Å²) in [4.78, 5) is 0. The van der Waals surface area contributed by atoms with Gasteiger partial charge in [-0.25, -0.2) is 0 Å². The Hall–Kier alpha value is -0.600. The van der Waals surface area contributed by atoms with Gasteiger partial charge in [0.15, 0.2) is 12.6 Å². The number of aliphatic hydroxyl groups excluding tert-OH is 7. The lowest BCUT2D eigenvalue weighted by Gasteiger charge is -2.48. The molecule has 7 unspecified atom stereocenters. The lowest BCUT2D eigenvalue weighted by molar-refractivity contribution is -0.332. The molecule has 0 radical (unpaired) electrons. The van der Waals surface area contributed by atoms with Crippen molar-refractivity contribution >= 4 is 0 Å². The highest BCUT2D eigenvalue weighted by Crippen LogP contribution is 2.31. The third-order valence-corrected chi connectivity index (χ3v) is 6.48. The minimum absolute atomic E-state index is 0.0849. The molecule has 15 atom stereocenters. The summed E-state index contributed by atoms with van der Waals surface area (Å²) in [7, 11) is 0. The summed E-state index contributed by atoms with van der Waals surface area (Å²) in [5.74, 6) is 0. The second-order valence-electron chi connectivity index (χ2n) is 8.79. The van der Waals surface area contributed by atoms with Crippen LogP contribution in [0.3, 0.4) is 0 Å². The minimum atomic E-state index is -1.66. The van der Waals surface area contributed by atoms with Gasteiger partial charge in [0, 0.05) is 18.6 Å². The highest BCUT2D eigenvalue weighted by atomic mass is 16.7. The van der Waals surface area contributed by atoms with Gasteiger partial charge in [0.05, 0.1) is 12.6 Å². The predicted octanol–water partition coefficient (Wildman–Crippen LogP) is -7.29. The summed E-state index contributed by atoms with van der Waals surface area (Å²) in [6.45, 7) is -0.763. The molecule has 2 heterocycles. The molecule has 15 nitrogen and oxygen atoms in total. The first-order valence-electron chi connectivity index (χ1n) is 10.8. The van der Waals surface area contributed by atoms with Crippen molar-refractivity contribution in [3.63, 3.8) is 0 Å². The smallest absolute Gasteiger partial charge is 0.187 e. The molecule has 2 saturated heterocycles. The van der Waals surface area contributed by atoms with Gasteiger partial charge in [0.1, 0.15) is 61.0 Å². The van der Waals surface area contributed by atoms with Gasteiger partial charge in [0.2, 0.25) is 0 Å². The van der Waals surface area contributed by atoms with Gasteiger partial charge in [-0.2, -0.15) is 0 Å². The van der Waals surface area contributed by atoms with E-state index in [-0.39, 0.29) is 13.0 Å². The van der Waals surface area contributed by atoms with Crippen molar-refractivity contribution in [1.29, 1.82) is 0 Å². The summed E-state index contributed by atoms with van der Waals surface area (Å²) in [5.41, 5.74) is 23.5. The molecule has 1 aliphatic carbocycles. The van der Waals surface area contributed by atoms with Gasteiger partial charge in [-0.15, -0.1) is 0 Å². The number of rotatable bonds is 6. The predicted molar refractivity (Wildman–Crippen MR) is 108 cm³/mol. The molecule has 3 aliphatic rings. The van der Waals surface area contributed by atoms with Crippen LogP contribution in [0.4, 0.5) is 0 Å². The molecule has 194 valence electrons. The number of hydrogen-bond donors (Lipinski definition) is 11. The summed E-state index contributed by atoms with van der Waals surface area (Å²) in [6.07, 6.45) is -16.5. The summed E-state index contributed by atoms with van der Waals surface area (Å²) in [5, 5.41) is 70.9. The molecule has 0 bridgehead atoms. The maximum Gasteiger partial charge on any atom is 0.187 e. The Morgan fingerprint density at radius 1 is 0.667 bits per heavy atom. The molecule has 3 fully saturated rings. The fraction of sp³-hybridized carbons (Fsp3) is 1.00. The normalized spacial score (nSPS) is 53.7. The molecule has 0 aromatic heterocycles. The molecule has 15 N–H and O–H groups in total.